The van der Waals surface area contributed by atoms with Crippen LogP contribution in [0.3, 0.4) is 0 Å². The van der Waals surface area contributed by atoms with Gasteiger partial charge in [0.05, 0.1) is 19.6 Å². The SMILES string of the molecule is CCC(C)C(=O)NC(CC(=O)OC)c1ccc(Br)cc1. The molecule has 110 valence electrons. The summed E-state index contributed by atoms with van der Waals surface area (Å²) in [6.45, 7) is 3.82. The van der Waals surface area contributed by atoms with E-state index in [0.29, 0.717) is 0 Å². The van der Waals surface area contributed by atoms with E-state index in [-0.39, 0.29) is 30.3 Å². The molecule has 0 radical (unpaired) electrons. The third kappa shape index (κ3) is 4.96. The molecule has 1 aromatic rings. The zero-order valence-corrected chi connectivity index (χ0v) is 13.6. The van der Waals surface area contributed by atoms with Crippen molar-refractivity contribution < 1.29 is 14.3 Å². The highest BCUT2D eigenvalue weighted by Gasteiger charge is 2.21. The zero-order valence-electron chi connectivity index (χ0n) is 12.0. The number of rotatable bonds is 6. The number of hydrogen-bond donors (Lipinski definition) is 1. The molecule has 0 saturated heterocycles. The highest BCUT2D eigenvalue weighted by atomic mass is 79.9. The number of amides is 1. The molecule has 1 rings (SSSR count). The average Bonchev–Trinajstić information content (AvgIpc) is 2.46. The number of esters is 1. The average molecular weight is 342 g/mol. The van der Waals surface area contributed by atoms with Crippen molar-refractivity contribution in [1.29, 1.82) is 0 Å². The minimum atomic E-state index is -0.364. The van der Waals surface area contributed by atoms with E-state index in [0.717, 1.165) is 16.5 Å². The Kier molecular flexibility index (Phi) is 6.71. The van der Waals surface area contributed by atoms with Gasteiger partial charge in [-0.3, -0.25) is 9.59 Å². The van der Waals surface area contributed by atoms with E-state index in [9.17, 15) is 9.59 Å². The molecule has 0 aliphatic carbocycles. The molecule has 0 fully saturated rings. The fourth-order valence-corrected chi connectivity index (χ4v) is 1.96. The van der Waals surface area contributed by atoms with Gasteiger partial charge in [0, 0.05) is 10.4 Å². The number of halogens is 1. The number of carbonyl (C=O) groups is 2. The summed E-state index contributed by atoms with van der Waals surface area (Å²) in [5.74, 6) is -0.475. The summed E-state index contributed by atoms with van der Waals surface area (Å²) in [6, 6.07) is 7.17. The lowest BCUT2D eigenvalue weighted by Crippen LogP contribution is -2.34. The van der Waals surface area contributed by atoms with Crippen molar-refractivity contribution >= 4 is 27.8 Å². The topological polar surface area (TPSA) is 55.4 Å². The first-order valence-electron chi connectivity index (χ1n) is 6.60. The summed E-state index contributed by atoms with van der Waals surface area (Å²) < 4.78 is 5.65. The van der Waals surface area contributed by atoms with Crippen LogP contribution in [0.1, 0.15) is 38.3 Å². The van der Waals surface area contributed by atoms with Gasteiger partial charge in [-0.05, 0) is 24.1 Å². The second-order valence-corrected chi connectivity index (χ2v) is 5.62. The molecule has 5 heteroatoms. The van der Waals surface area contributed by atoms with Gasteiger partial charge in [-0.1, -0.05) is 41.9 Å². The quantitative estimate of drug-likeness (QED) is 0.808. The van der Waals surface area contributed by atoms with Crippen LogP contribution in [0.4, 0.5) is 0 Å². The second kappa shape index (κ2) is 8.04. The Morgan fingerprint density at radius 2 is 1.90 bits per heavy atom. The largest absolute Gasteiger partial charge is 0.469 e. The Morgan fingerprint density at radius 1 is 1.30 bits per heavy atom. The molecule has 2 atom stereocenters. The van der Waals surface area contributed by atoms with Gasteiger partial charge in [0.1, 0.15) is 0 Å². The molecule has 0 aliphatic heterocycles. The van der Waals surface area contributed by atoms with Crippen LogP contribution in [0.15, 0.2) is 28.7 Å². The van der Waals surface area contributed by atoms with E-state index in [4.69, 9.17) is 4.74 Å². The molecule has 0 aliphatic rings. The van der Waals surface area contributed by atoms with Gasteiger partial charge < -0.3 is 10.1 Å². The second-order valence-electron chi connectivity index (χ2n) is 4.70. The number of ether oxygens (including phenoxy) is 1. The number of carbonyl (C=O) groups excluding carboxylic acids is 2. The monoisotopic (exact) mass is 341 g/mol. The predicted molar refractivity (Wildman–Crippen MR) is 81.1 cm³/mol. The number of hydrogen-bond acceptors (Lipinski definition) is 3. The molecule has 0 heterocycles. The summed E-state index contributed by atoms with van der Waals surface area (Å²) in [4.78, 5) is 23.5. The van der Waals surface area contributed by atoms with Crippen LogP contribution in [0.5, 0.6) is 0 Å². The first-order chi connectivity index (χ1) is 9.47. The van der Waals surface area contributed by atoms with Gasteiger partial charge in [-0.2, -0.15) is 0 Å². The van der Waals surface area contributed by atoms with Crippen molar-refractivity contribution in [3.8, 4) is 0 Å². The van der Waals surface area contributed by atoms with Crippen molar-refractivity contribution in [1.82, 2.24) is 5.32 Å². The normalized spacial score (nSPS) is 13.4. The van der Waals surface area contributed by atoms with Gasteiger partial charge in [0.2, 0.25) is 5.91 Å². The van der Waals surface area contributed by atoms with Gasteiger partial charge in [-0.25, -0.2) is 0 Å². The first-order valence-corrected chi connectivity index (χ1v) is 7.39. The van der Waals surface area contributed by atoms with Crippen LogP contribution in [-0.2, 0) is 14.3 Å². The maximum atomic E-state index is 12.0. The van der Waals surface area contributed by atoms with E-state index in [1.807, 2.05) is 38.1 Å². The highest BCUT2D eigenvalue weighted by molar-refractivity contribution is 9.10. The summed E-state index contributed by atoms with van der Waals surface area (Å²) in [6.07, 6.45) is 0.886. The number of nitrogens with one attached hydrogen (secondary N) is 1. The highest BCUT2D eigenvalue weighted by Crippen LogP contribution is 2.21. The lowest BCUT2D eigenvalue weighted by atomic mass is 10.0. The summed E-state index contributed by atoms with van der Waals surface area (Å²) >= 11 is 3.37. The molecule has 1 amide bonds. The van der Waals surface area contributed by atoms with Crippen LogP contribution in [-0.4, -0.2) is 19.0 Å². The summed E-state index contributed by atoms with van der Waals surface area (Å²) in [5, 5.41) is 2.91. The summed E-state index contributed by atoms with van der Waals surface area (Å²) in [7, 11) is 1.34. The number of benzene rings is 1. The molecule has 1 aromatic carbocycles. The van der Waals surface area contributed by atoms with Crippen molar-refractivity contribution in [2.24, 2.45) is 5.92 Å². The van der Waals surface area contributed by atoms with E-state index in [1.54, 1.807) is 0 Å². The van der Waals surface area contributed by atoms with Crippen LogP contribution >= 0.6 is 15.9 Å². The van der Waals surface area contributed by atoms with Crippen molar-refractivity contribution in [2.75, 3.05) is 7.11 Å². The molecule has 20 heavy (non-hydrogen) atoms. The molecule has 0 aromatic heterocycles. The molecule has 0 saturated carbocycles. The lowest BCUT2D eigenvalue weighted by Gasteiger charge is -2.20. The van der Waals surface area contributed by atoms with Crippen LogP contribution in [0, 0.1) is 5.92 Å². The van der Waals surface area contributed by atoms with Crippen molar-refractivity contribution in [3.05, 3.63) is 34.3 Å². The zero-order chi connectivity index (χ0) is 15.1. The van der Waals surface area contributed by atoms with E-state index in [1.165, 1.54) is 7.11 Å². The standard InChI is InChI=1S/C15H20BrNO3/c1-4-10(2)15(19)17-13(9-14(18)20-3)11-5-7-12(16)8-6-11/h5-8,10,13H,4,9H2,1-3H3,(H,17,19). The molecule has 4 nitrogen and oxygen atoms in total. The van der Waals surface area contributed by atoms with Gasteiger partial charge in [-0.15, -0.1) is 0 Å². The Labute approximate surface area is 128 Å². The third-order valence-corrected chi connectivity index (χ3v) is 3.78. The smallest absolute Gasteiger partial charge is 0.307 e. The maximum Gasteiger partial charge on any atom is 0.307 e. The molecular formula is C15H20BrNO3. The van der Waals surface area contributed by atoms with Gasteiger partial charge in [0.15, 0.2) is 0 Å². The Morgan fingerprint density at radius 3 is 2.40 bits per heavy atom. The maximum absolute atomic E-state index is 12.0. The minimum Gasteiger partial charge on any atom is -0.469 e. The Balaban J connectivity index is 2.87. The van der Waals surface area contributed by atoms with Crippen molar-refractivity contribution in [3.63, 3.8) is 0 Å². The number of methoxy groups -OCH3 is 1. The van der Waals surface area contributed by atoms with E-state index in [2.05, 4.69) is 21.2 Å². The first kappa shape index (κ1) is 16.7. The summed E-state index contributed by atoms with van der Waals surface area (Å²) in [5.41, 5.74) is 0.884. The van der Waals surface area contributed by atoms with E-state index >= 15 is 0 Å². The van der Waals surface area contributed by atoms with Gasteiger partial charge in [0.25, 0.3) is 0 Å². The van der Waals surface area contributed by atoms with Gasteiger partial charge >= 0.3 is 5.97 Å². The molecule has 2 unspecified atom stereocenters. The predicted octanol–water partition coefficient (Wildman–Crippen LogP) is 3.22. The Hall–Kier alpha value is -1.36. The fourth-order valence-electron chi connectivity index (χ4n) is 1.70. The molecule has 0 bridgehead atoms. The molecule has 0 spiro atoms. The third-order valence-electron chi connectivity index (χ3n) is 3.25. The Bertz CT molecular complexity index is 459. The fraction of sp³-hybridized carbons (Fsp3) is 0.467. The minimum absolute atomic E-state index is 0.0516. The van der Waals surface area contributed by atoms with E-state index < -0.39 is 0 Å². The molecular weight excluding hydrogens is 322 g/mol. The molecule has 1 N–H and O–H groups in total. The van der Waals surface area contributed by atoms with Crippen molar-refractivity contribution in [2.45, 2.75) is 32.7 Å². The van der Waals surface area contributed by atoms with Crippen LogP contribution in [0.2, 0.25) is 0 Å². The lowest BCUT2D eigenvalue weighted by molar-refractivity contribution is -0.141. The van der Waals surface area contributed by atoms with Crippen LogP contribution in [0.25, 0.3) is 0 Å². The van der Waals surface area contributed by atoms with Crippen LogP contribution < -0.4 is 5.32 Å².